The van der Waals surface area contributed by atoms with Gasteiger partial charge in [0.25, 0.3) is 5.91 Å². The Balaban J connectivity index is 1.60. The molecule has 0 aromatic heterocycles. The van der Waals surface area contributed by atoms with Gasteiger partial charge in [0.1, 0.15) is 5.82 Å². The Hall–Kier alpha value is -3.67. The molecule has 188 valence electrons. The van der Waals surface area contributed by atoms with Crippen molar-refractivity contribution in [2.24, 2.45) is 5.92 Å². The molecular formula is C30H34FN3O2. The minimum atomic E-state index is -0.454. The number of hydrogen-bond acceptors (Lipinski definition) is 3. The zero-order chi connectivity index (χ0) is 25.7. The summed E-state index contributed by atoms with van der Waals surface area (Å²) in [5.74, 6) is -0.345. The first-order chi connectivity index (χ1) is 17.4. The fraction of sp³-hybridized carbons (Fsp3) is 0.333. The molecule has 0 radical (unpaired) electrons. The zero-order valence-electron chi connectivity index (χ0n) is 21.2. The van der Waals surface area contributed by atoms with Gasteiger partial charge in [-0.1, -0.05) is 43.3 Å². The number of anilines is 2. The molecule has 3 aromatic carbocycles. The van der Waals surface area contributed by atoms with Crippen molar-refractivity contribution >= 4 is 23.2 Å². The van der Waals surface area contributed by atoms with E-state index in [1.807, 2.05) is 72.4 Å². The van der Waals surface area contributed by atoms with Gasteiger partial charge in [0.05, 0.1) is 5.92 Å². The molecule has 1 saturated carbocycles. The number of halogens is 1. The standard InChI is InChI=1S/C30H34FN3O2/c1-4-27(22-9-6-5-7-10-22)30(36)34(19-21-13-14-21)20-24-18-26(15-16-28(24)33(2)3)32-29(35)23-11-8-12-25(31)17-23/h5-12,15-18,21,27H,4,13-14,19-20H2,1-3H3,(H,32,35). The fourth-order valence-corrected chi connectivity index (χ4v) is 4.57. The second-order valence-corrected chi connectivity index (χ2v) is 9.74. The molecular weight excluding hydrogens is 453 g/mol. The lowest BCUT2D eigenvalue weighted by Crippen LogP contribution is -2.36. The van der Waals surface area contributed by atoms with Crippen molar-refractivity contribution < 1.29 is 14.0 Å². The van der Waals surface area contributed by atoms with Gasteiger partial charge in [-0.3, -0.25) is 9.59 Å². The summed E-state index contributed by atoms with van der Waals surface area (Å²) in [7, 11) is 3.94. The van der Waals surface area contributed by atoms with Crippen LogP contribution in [0, 0.1) is 11.7 Å². The number of rotatable bonds is 10. The molecule has 1 unspecified atom stereocenters. The first-order valence-electron chi connectivity index (χ1n) is 12.6. The van der Waals surface area contributed by atoms with Crippen LogP contribution in [-0.4, -0.2) is 37.4 Å². The monoisotopic (exact) mass is 487 g/mol. The molecule has 3 aromatic rings. The Bertz CT molecular complexity index is 1210. The van der Waals surface area contributed by atoms with Crippen molar-refractivity contribution in [1.29, 1.82) is 0 Å². The fourth-order valence-electron chi connectivity index (χ4n) is 4.57. The van der Waals surface area contributed by atoms with E-state index in [0.29, 0.717) is 18.2 Å². The Morgan fingerprint density at radius 2 is 1.75 bits per heavy atom. The highest BCUT2D eigenvalue weighted by Crippen LogP contribution is 2.33. The van der Waals surface area contributed by atoms with E-state index in [0.717, 1.165) is 42.6 Å². The Morgan fingerprint density at radius 1 is 1.00 bits per heavy atom. The molecule has 6 heteroatoms. The van der Waals surface area contributed by atoms with E-state index in [-0.39, 0.29) is 23.3 Å². The number of amides is 2. The summed E-state index contributed by atoms with van der Waals surface area (Å²) < 4.78 is 13.6. The highest BCUT2D eigenvalue weighted by atomic mass is 19.1. The third-order valence-electron chi connectivity index (χ3n) is 6.66. The average molecular weight is 488 g/mol. The van der Waals surface area contributed by atoms with Crippen LogP contribution in [0.25, 0.3) is 0 Å². The molecule has 1 aliphatic rings. The van der Waals surface area contributed by atoms with E-state index >= 15 is 0 Å². The van der Waals surface area contributed by atoms with E-state index in [2.05, 4.69) is 12.2 Å². The molecule has 0 bridgehead atoms. The predicted octanol–water partition coefficient (Wildman–Crippen LogP) is 6.08. The lowest BCUT2D eigenvalue weighted by atomic mass is 9.94. The van der Waals surface area contributed by atoms with Gasteiger partial charge in [0.2, 0.25) is 5.91 Å². The second kappa shape index (κ2) is 11.4. The molecule has 0 heterocycles. The van der Waals surface area contributed by atoms with Gasteiger partial charge in [-0.2, -0.15) is 0 Å². The van der Waals surface area contributed by atoms with Gasteiger partial charge in [-0.25, -0.2) is 4.39 Å². The van der Waals surface area contributed by atoms with Gasteiger partial charge in [-0.05, 0) is 72.7 Å². The van der Waals surface area contributed by atoms with Crippen LogP contribution in [0.5, 0.6) is 0 Å². The van der Waals surface area contributed by atoms with E-state index in [1.165, 1.54) is 18.2 Å². The topological polar surface area (TPSA) is 52.7 Å². The summed E-state index contributed by atoms with van der Waals surface area (Å²) >= 11 is 0. The highest BCUT2D eigenvalue weighted by molar-refractivity contribution is 6.04. The maximum Gasteiger partial charge on any atom is 0.255 e. The number of carbonyl (C=O) groups is 2. The van der Waals surface area contributed by atoms with Gasteiger partial charge in [0.15, 0.2) is 0 Å². The third kappa shape index (κ3) is 6.30. The molecule has 36 heavy (non-hydrogen) atoms. The number of carbonyl (C=O) groups excluding carboxylic acids is 2. The summed E-state index contributed by atoms with van der Waals surface area (Å²) in [6.07, 6.45) is 3.03. The van der Waals surface area contributed by atoms with Crippen molar-refractivity contribution in [2.45, 2.75) is 38.6 Å². The zero-order valence-corrected chi connectivity index (χ0v) is 21.2. The van der Waals surface area contributed by atoms with E-state index < -0.39 is 5.82 Å². The lowest BCUT2D eigenvalue weighted by molar-refractivity contribution is -0.133. The first kappa shape index (κ1) is 25.4. The van der Waals surface area contributed by atoms with Crippen molar-refractivity contribution in [3.05, 3.63) is 95.3 Å². The number of hydrogen-bond donors (Lipinski definition) is 1. The Kier molecular flexibility index (Phi) is 8.04. The molecule has 1 atom stereocenters. The van der Waals surface area contributed by atoms with E-state index in [9.17, 15) is 14.0 Å². The molecule has 1 fully saturated rings. The molecule has 5 nitrogen and oxygen atoms in total. The molecule has 2 amide bonds. The first-order valence-corrected chi connectivity index (χ1v) is 12.6. The summed E-state index contributed by atoms with van der Waals surface area (Å²) in [5.41, 5.74) is 3.84. The number of nitrogens with zero attached hydrogens (tertiary/aromatic N) is 2. The van der Waals surface area contributed by atoms with Gasteiger partial charge < -0.3 is 15.1 Å². The minimum Gasteiger partial charge on any atom is -0.377 e. The van der Waals surface area contributed by atoms with Crippen molar-refractivity contribution in [3.63, 3.8) is 0 Å². The smallest absolute Gasteiger partial charge is 0.255 e. The maximum absolute atomic E-state index is 13.8. The Morgan fingerprint density at radius 3 is 2.39 bits per heavy atom. The van der Waals surface area contributed by atoms with Gasteiger partial charge >= 0.3 is 0 Å². The molecule has 4 rings (SSSR count). The third-order valence-corrected chi connectivity index (χ3v) is 6.66. The SMILES string of the molecule is CCC(C(=O)N(Cc1cc(NC(=O)c2cccc(F)c2)ccc1N(C)C)CC1CC1)c1ccccc1. The largest absolute Gasteiger partial charge is 0.377 e. The molecule has 0 spiro atoms. The van der Waals surface area contributed by atoms with E-state index in [1.54, 1.807) is 6.07 Å². The summed E-state index contributed by atoms with van der Waals surface area (Å²) in [6.45, 7) is 3.24. The van der Waals surface area contributed by atoms with Crippen LogP contribution in [0.1, 0.15) is 53.6 Å². The van der Waals surface area contributed by atoms with Crippen molar-refractivity contribution in [1.82, 2.24) is 4.90 Å². The average Bonchev–Trinajstić information content (AvgIpc) is 3.69. The normalized spacial score (nSPS) is 13.7. The molecule has 1 aliphatic carbocycles. The van der Waals surface area contributed by atoms with E-state index in [4.69, 9.17) is 0 Å². The summed E-state index contributed by atoms with van der Waals surface area (Å²) in [4.78, 5) is 30.5. The van der Waals surface area contributed by atoms with Crippen LogP contribution in [0.3, 0.4) is 0 Å². The summed E-state index contributed by atoms with van der Waals surface area (Å²) in [6, 6.07) is 21.3. The Labute approximate surface area is 212 Å². The van der Waals surface area contributed by atoms with Crippen molar-refractivity contribution in [2.75, 3.05) is 30.9 Å². The highest BCUT2D eigenvalue weighted by Gasteiger charge is 2.31. The summed E-state index contributed by atoms with van der Waals surface area (Å²) in [5, 5.41) is 2.88. The quantitative estimate of drug-likeness (QED) is 0.377. The predicted molar refractivity (Wildman–Crippen MR) is 143 cm³/mol. The van der Waals surface area contributed by atoms with Gasteiger partial charge in [-0.15, -0.1) is 0 Å². The second-order valence-electron chi connectivity index (χ2n) is 9.74. The van der Waals surface area contributed by atoms with Crippen LogP contribution >= 0.6 is 0 Å². The molecule has 1 N–H and O–H groups in total. The molecule has 0 saturated heterocycles. The van der Waals surface area contributed by atoms with Gasteiger partial charge in [0, 0.05) is 44.1 Å². The lowest BCUT2D eigenvalue weighted by Gasteiger charge is -2.29. The van der Waals surface area contributed by atoms with Crippen LogP contribution in [0.4, 0.5) is 15.8 Å². The minimum absolute atomic E-state index is 0.134. The van der Waals surface area contributed by atoms with Crippen LogP contribution < -0.4 is 10.2 Å². The molecule has 0 aliphatic heterocycles. The van der Waals surface area contributed by atoms with Crippen LogP contribution in [-0.2, 0) is 11.3 Å². The number of nitrogens with one attached hydrogen (secondary N) is 1. The maximum atomic E-state index is 13.8. The van der Waals surface area contributed by atoms with Crippen LogP contribution in [0.2, 0.25) is 0 Å². The van der Waals surface area contributed by atoms with Crippen molar-refractivity contribution in [3.8, 4) is 0 Å². The van der Waals surface area contributed by atoms with Crippen LogP contribution in [0.15, 0.2) is 72.8 Å². The number of benzene rings is 3.